The van der Waals surface area contributed by atoms with Gasteiger partial charge in [-0.25, -0.2) is 24.3 Å². The second kappa shape index (κ2) is 8.69. The largest absolute Gasteiger partial charge is 0.421 e. The maximum Gasteiger partial charge on any atom is 0.421 e. The number of aromatic amines is 1. The van der Waals surface area contributed by atoms with Gasteiger partial charge in [-0.2, -0.15) is 13.2 Å². The van der Waals surface area contributed by atoms with Gasteiger partial charge in [0.2, 0.25) is 5.91 Å². The highest BCUT2D eigenvalue weighted by Crippen LogP contribution is 2.44. The minimum Gasteiger partial charge on any atom is -0.383 e. The van der Waals surface area contributed by atoms with Crippen molar-refractivity contribution >= 4 is 23.2 Å². The molecule has 0 saturated heterocycles. The van der Waals surface area contributed by atoms with Gasteiger partial charge in [-0.3, -0.25) is 9.59 Å². The Hall–Kier alpha value is -5.14. The second-order valence-corrected chi connectivity index (χ2v) is 9.36. The van der Waals surface area contributed by atoms with Crippen LogP contribution in [-0.4, -0.2) is 35.2 Å². The molecular weight excluding hydrogens is 532 g/mol. The Labute approximate surface area is 222 Å². The molecule has 202 valence electrons. The molecule has 0 fully saturated rings. The molecule has 0 aliphatic carbocycles. The van der Waals surface area contributed by atoms with E-state index < -0.39 is 34.3 Å². The van der Waals surface area contributed by atoms with Gasteiger partial charge in [-0.1, -0.05) is 18.2 Å². The topological polar surface area (TPSA) is 144 Å². The number of aromatic nitrogens is 6. The van der Waals surface area contributed by atoms with Crippen molar-refractivity contribution < 1.29 is 22.4 Å². The highest BCUT2D eigenvalue weighted by Gasteiger charge is 2.49. The smallest absolute Gasteiger partial charge is 0.383 e. The van der Waals surface area contributed by atoms with Crippen molar-refractivity contribution in [2.24, 2.45) is 0 Å². The van der Waals surface area contributed by atoms with E-state index in [-0.39, 0.29) is 40.8 Å². The van der Waals surface area contributed by atoms with Crippen molar-refractivity contribution in [3.8, 4) is 11.5 Å². The lowest BCUT2D eigenvalue weighted by atomic mass is 9.80. The highest BCUT2D eigenvalue weighted by atomic mass is 19.4. The molecule has 0 saturated carbocycles. The van der Waals surface area contributed by atoms with Gasteiger partial charge in [0.05, 0.1) is 11.3 Å². The van der Waals surface area contributed by atoms with E-state index in [9.17, 15) is 27.2 Å². The van der Waals surface area contributed by atoms with Crippen LogP contribution in [0.15, 0.2) is 59.9 Å². The molecule has 10 nitrogen and oxygen atoms in total. The molecule has 5 heterocycles. The fourth-order valence-electron chi connectivity index (χ4n) is 4.81. The first-order valence-corrected chi connectivity index (χ1v) is 11.8. The van der Waals surface area contributed by atoms with Gasteiger partial charge in [-0.05, 0) is 18.6 Å². The third-order valence-corrected chi connectivity index (χ3v) is 6.87. The number of rotatable bonds is 4. The number of nitrogens with one attached hydrogen (secondary N) is 2. The average molecular weight is 550 g/mol. The van der Waals surface area contributed by atoms with Crippen LogP contribution in [0.2, 0.25) is 0 Å². The Bertz CT molecular complexity index is 1900. The third-order valence-electron chi connectivity index (χ3n) is 6.87. The summed E-state index contributed by atoms with van der Waals surface area (Å²) >= 11 is 0. The number of nitrogens with two attached hydrogens (primary N) is 1. The van der Waals surface area contributed by atoms with Gasteiger partial charge in [0, 0.05) is 43.0 Å². The number of benzene rings is 1. The fraction of sp³-hybridized carbons (Fsp3) is 0.154. The van der Waals surface area contributed by atoms with Gasteiger partial charge in [0.25, 0.3) is 0 Å². The first-order chi connectivity index (χ1) is 19.0. The van der Waals surface area contributed by atoms with E-state index in [4.69, 9.17) is 5.73 Å². The van der Waals surface area contributed by atoms with Crippen LogP contribution in [0.4, 0.5) is 29.2 Å². The van der Waals surface area contributed by atoms with Gasteiger partial charge >= 0.3 is 6.18 Å². The lowest BCUT2D eigenvalue weighted by Gasteiger charge is -2.23. The van der Waals surface area contributed by atoms with Crippen LogP contribution >= 0.6 is 0 Å². The minimum absolute atomic E-state index is 0.0129. The molecule has 6 rings (SSSR count). The number of amides is 1. The molecule has 0 bridgehead atoms. The molecule has 14 heteroatoms. The molecule has 1 aromatic carbocycles. The van der Waals surface area contributed by atoms with Crippen LogP contribution in [0.3, 0.4) is 0 Å². The standard InChI is InChI=1S/C26H18F4N8O2/c1-25(18-9-17(39)13(10-33-18)26(28,29)30)19-20(31)35-21(36-22(19)37-24(25)40)16-11-38-7-6-32-23(38)15(34-16)8-12-4-2-3-5-14(12)27/h2-7,9-11H,8H2,1H3,(H,33,39)(H3,31,35,36,37,40)/t25-/m1/s1. The molecule has 1 atom stereocenters. The van der Waals surface area contributed by atoms with E-state index in [0.29, 0.717) is 29.2 Å². The molecule has 40 heavy (non-hydrogen) atoms. The average Bonchev–Trinajstić information content (AvgIpc) is 3.47. The van der Waals surface area contributed by atoms with Crippen LogP contribution in [0.5, 0.6) is 0 Å². The number of fused-ring (bicyclic) bond motifs is 2. The van der Waals surface area contributed by atoms with Gasteiger partial charge in [-0.15, -0.1) is 0 Å². The summed E-state index contributed by atoms with van der Waals surface area (Å²) in [6.45, 7) is 1.40. The predicted molar refractivity (Wildman–Crippen MR) is 135 cm³/mol. The summed E-state index contributed by atoms with van der Waals surface area (Å²) in [5, 5.41) is 2.59. The number of hydrogen-bond acceptors (Lipinski definition) is 7. The number of carbonyl (C=O) groups excluding carboxylic acids is 1. The van der Waals surface area contributed by atoms with Crippen LogP contribution in [0, 0.1) is 5.82 Å². The zero-order chi connectivity index (χ0) is 28.4. The van der Waals surface area contributed by atoms with E-state index >= 15 is 0 Å². The molecule has 1 aliphatic heterocycles. The monoisotopic (exact) mass is 550 g/mol. The van der Waals surface area contributed by atoms with Crippen LogP contribution < -0.4 is 16.5 Å². The van der Waals surface area contributed by atoms with Gasteiger partial charge < -0.3 is 20.4 Å². The Morgan fingerprint density at radius 3 is 2.62 bits per heavy atom. The van der Waals surface area contributed by atoms with Crippen LogP contribution in [0.1, 0.15) is 35.0 Å². The molecule has 4 N–H and O–H groups in total. The maximum absolute atomic E-state index is 14.4. The SMILES string of the molecule is C[C@]1(c2cc(=O)c(C(F)(F)F)c[nH]2)C(=O)Nc2nc(-c3cn4ccnc4c(Cc4ccccc4F)n3)nc(N)c21. The molecule has 0 spiro atoms. The third kappa shape index (κ3) is 3.87. The molecular formula is C26H18F4N8O2. The summed E-state index contributed by atoms with van der Waals surface area (Å²) in [6.07, 6.45) is 0.590. The van der Waals surface area contributed by atoms with Crippen molar-refractivity contribution in [3.05, 3.63) is 99.2 Å². The number of H-pyrrole nitrogens is 1. The summed E-state index contributed by atoms with van der Waals surface area (Å²) in [4.78, 5) is 45.5. The number of hydrogen-bond donors (Lipinski definition) is 3. The molecule has 0 unspecified atom stereocenters. The van der Waals surface area contributed by atoms with Crippen molar-refractivity contribution in [3.63, 3.8) is 0 Å². The molecule has 0 radical (unpaired) electrons. The zero-order valence-corrected chi connectivity index (χ0v) is 20.5. The Kier molecular flexibility index (Phi) is 5.47. The highest BCUT2D eigenvalue weighted by molar-refractivity contribution is 6.08. The lowest BCUT2D eigenvalue weighted by molar-refractivity contribution is -0.138. The van der Waals surface area contributed by atoms with Crippen molar-refractivity contribution in [1.82, 2.24) is 29.3 Å². The van der Waals surface area contributed by atoms with Gasteiger partial charge in [0.1, 0.15) is 34.1 Å². The Balaban J connectivity index is 1.45. The molecule has 1 aliphatic rings. The number of anilines is 2. The number of nitrogens with zero attached hydrogens (tertiary/aromatic N) is 5. The van der Waals surface area contributed by atoms with Crippen LogP contribution in [-0.2, 0) is 22.8 Å². The van der Waals surface area contributed by atoms with E-state index in [1.165, 1.54) is 13.0 Å². The zero-order valence-electron chi connectivity index (χ0n) is 20.5. The minimum atomic E-state index is -4.87. The number of imidazole rings is 1. The van der Waals surface area contributed by atoms with Crippen molar-refractivity contribution in [1.29, 1.82) is 0 Å². The Morgan fingerprint density at radius 2 is 1.90 bits per heavy atom. The van der Waals surface area contributed by atoms with Gasteiger partial charge in [0.15, 0.2) is 16.9 Å². The first-order valence-electron chi connectivity index (χ1n) is 11.8. The van der Waals surface area contributed by atoms with E-state index in [0.717, 1.165) is 0 Å². The number of carbonyl (C=O) groups is 1. The first kappa shape index (κ1) is 25.2. The van der Waals surface area contributed by atoms with E-state index in [2.05, 4.69) is 30.2 Å². The summed E-state index contributed by atoms with van der Waals surface area (Å²) < 4.78 is 55.4. The van der Waals surface area contributed by atoms with Crippen molar-refractivity contribution in [2.75, 3.05) is 11.1 Å². The molecule has 4 aromatic heterocycles. The number of halogens is 4. The van der Waals surface area contributed by atoms with E-state index in [1.807, 2.05) is 0 Å². The maximum atomic E-state index is 14.4. The summed E-state index contributed by atoms with van der Waals surface area (Å²) in [5.74, 6) is -1.18. The lowest BCUT2D eigenvalue weighted by Crippen LogP contribution is -2.35. The van der Waals surface area contributed by atoms with Crippen molar-refractivity contribution in [2.45, 2.75) is 24.9 Å². The molecule has 5 aromatic rings. The molecule has 1 amide bonds. The fourth-order valence-corrected chi connectivity index (χ4v) is 4.81. The predicted octanol–water partition coefficient (Wildman–Crippen LogP) is 3.46. The Morgan fingerprint density at radius 1 is 1.12 bits per heavy atom. The summed E-state index contributed by atoms with van der Waals surface area (Å²) in [7, 11) is 0. The summed E-state index contributed by atoms with van der Waals surface area (Å²) in [6, 6.07) is 6.98. The summed E-state index contributed by atoms with van der Waals surface area (Å²) in [5.41, 5.74) is 3.45. The normalized spacial score (nSPS) is 16.8. The van der Waals surface area contributed by atoms with Crippen LogP contribution in [0.25, 0.3) is 17.2 Å². The number of pyridine rings is 1. The second-order valence-electron chi connectivity index (χ2n) is 9.36. The van der Waals surface area contributed by atoms with E-state index in [1.54, 1.807) is 41.2 Å². The number of alkyl halides is 3. The number of nitrogen functional groups attached to an aromatic ring is 1. The quantitative estimate of drug-likeness (QED) is 0.291.